The standard InChI is InChI=1S/C16H27N3O/c1-13(2)9-18-10-14-6-7-17-11-16(14)19(3)12-15-5-4-8-20-15/h6-7,11,13,15,18H,4-5,8-10,12H2,1-3H3. The molecule has 1 atom stereocenters. The molecule has 2 rings (SSSR count). The number of hydrogen-bond donors (Lipinski definition) is 1. The van der Waals surface area contributed by atoms with Crippen LogP contribution in [0.3, 0.4) is 0 Å². The van der Waals surface area contributed by atoms with Crippen molar-refractivity contribution in [3.63, 3.8) is 0 Å². The molecule has 0 radical (unpaired) electrons. The quantitative estimate of drug-likeness (QED) is 0.830. The first-order valence-corrected chi connectivity index (χ1v) is 7.63. The maximum atomic E-state index is 5.72. The van der Waals surface area contributed by atoms with E-state index in [-0.39, 0.29) is 0 Å². The predicted octanol–water partition coefficient (Wildman–Crippen LogP) is 2.44. The first-order chi connectivity index (χ1) is 9.66. The molecule has 0 saturated carbocycles. The van der Waals surface area contributed by atoms with Gasteiger partial charge in [0, 0.05) is 32.9 Å². The van der Waals surface area contributed by atoms with Gasteiger partial charge >= 0.3 is 0 Å². The van der Waals surface area contributed by atoms with Gasteiger partial charge in [0.2, 0.25) is 0 Å². The summed E-state index contributed by atoms with van der Waals surface area (Å²) in [6, 6.07) is 2.11. The number of rotatable bonds is 7. The molecule has 0 aliphatic carbocycles. The molecule has 0 amide bonds. The molecule has 1 unspecified atom stereocenters. The first-order valence-electron chi connectivity index (χ1n) is 7.63. The smallest absolute Gasteiger partial charge is 0.0750 e. The number of nitrogens with zero attached hydrogens (tertiary/aromatic N) is 2. The lowest BCUT2D eigenvalue weighted by Crippen LogP contribution is -2.30. The Kier molecular flexibility index (Phi) is 5.80. The van der Waals surface area contributed by atoms with Gasteiger partial charge in [-0.2, -0.15) is 0 Å². The Labute approximate surface area is 122 Å². The van der Waals surface area contributed by atoms with Gasteiger partial charge in [-0.3, -0.25) is 4.98 Å². The number of pyridine rings is 1. The normalized spacial score (nSPS) is 18.7. The summed E-state index contributed by atoms with van der Waals surface area (Å²) in [6.07, 6.45) is 6.56. The van der Waals surface area contributed by atoms with Crippen molar-refractivity contribution < 1.29 is 4.74 Å². The van der Waals surface area contributed by atoms with Crippen LogP contribution in [0.1, 0.15) is 32.3 Å². The molecule has 20 heavy (non-hydrogen) atoms. The van der Waals surface area contributed by atoms with Crippen LogP contribution in [0.2, 0.25) is 0 Å². The van der Waals surface area contributed by atoms with E-state index in [4.69, 9.17) is 4.74 Å². The molecular formula is C16H27N3O. The molecule has 0 aromatic carbocycles. The van der Waals surface area contributed by atoms with Crippen LogP contribution in [0.15, 0.2) is 18.5 Å². The van der Waals surface area contributed by atoms with E-state index in [9.17, 15) is 0 Å². The molecule has 4 nitrogen and oxygen atoms in total. The van der Waals surface area contributed by atoms with Gasteiger partial charge in [-0.1, -0.05) is 13.8 Å². The average molecular weight is 277 g/mol. The predicted molar refractivity (Wildman–Crippen MR) is 83.0 cm³/mol. The highest BCUT2D eigenvalue weighted by molar-refractivity contribution is 5.51. The maximum Gasteiger partial charge on any atom is 0.0750 e. The largest absolute Gasteiger partial charge is 0.376 e. The fraction of sp³-hybridized carbons (Fsp3) is 0.688. The Morgan fingerprint density at radius 2 is 2.35 bits per heavy atom. The third kappa shape index (κ3) is 4.46. The van der Waals surface area contributed by atoms with E-state index in [0.29, 0.717) is 12.0 Å². The Morgan fingerprint density at radius 1 is 1.50 bits per heavy atom. The third-order valence-corrected chi connectivity index (χ3v) is 3.67. The number of hydrogen-bond acceptors (Lipinski definition) is 4. The molecule has 112 valence electrons. The lowest BCUT2D eigenvalue weighted by atomic mass is 10.1. The summed E-state index contributed by atoms with van der Waals surface area (Å²) in [5, 5.41) is 3.50. The highest BCUT2D eigenvalue weighted by Gasteiger charge is 2.18. The van der Waals surface area contributed by atoms with Crippen LogP contribution in [0.5, 0.6) is 0 Å². The molecular weight excluding hydrogens is 250 g/mol. The van der Waals surface area contributed by atoms with Crippen LogP contribution in [0.25, 0.3) is 0 Å². The molecule has 1 saturated heterocycles. The van der Waals surface area contributed by atoms with E-state index < -0.39 is 0 Å². The maximum absolute atomic E-state index is 5.72. The summed E-state index contributed by atoms with van der Waals surface area (Å²) in [6.45, 7) is 8.24. The third-order valence-electron chi connectivity index (χ3n) is 3.67. The summed E-state index contributed by atoms with van der Waals surface area (Å²) >= 11 is 0. The zero-order valence-corrected chi connectivity index (χ0v) is 12.9. The second-order valence-electron chi connectivity index (χ2n) is 6.04. The van der Waals surface area contributed by atoms with Gasteiger partial charge < -0.3 is 15.0 Å². The fourth-order valence-corrected chi connectivity index (χ4v) is 2.60. The van der Waals surface area contributed by atoms with Crippen molar-refractivity contribution in [1.82, 2.24) is 10.3 Å². The highest BCUT2D eigenvalue weighted by atomic mass is 16.5. The van der Waals surface area contributed by atoms with E-state index in [2.05, 4.69) is 42.2 Å². The Morgan fingerprint density at radius 3 is 3.05 bits per heavy atom. The lowest BCUT2D eigenvalue weighted by molar-refractivity contribution is 0.116. The van der Waals surface area contributed by atoms with Crippen LogP contribution >= 0.6 is 0 Å². The lowest BCUT2D eigenvalue weighted by Gasteiger charge is -2.25. The minimum Gasteiger partial charge on any atom is -0.376 e. The Bertz CT molecular complexity index is 402. The van der Waals surface area contributed by atoms with Gasteiger partial charge in [-0.25, -0.2) is 0 Å². The molecule has 1 aromatic heterocycles. The van der Waals surface area contributed by atoms with E-state index in [1.54, 1.807) is 0 Å². The molecule has 4 heteroatoms. The van der Waals surface area contributed by atoms with E-state index in [1.165, 1.54) is 24.1 Å². The first kappa shape index (κ1) is 15.3. The van der Waals surface area contributed by atoms with Crippen molar-refractivity contribution in [2.24, 2.45) is 5.92 Å². The number of nitrogens with one attached hydrogen (secondary N) is 1. The molecule has 1 aromatic rings. The number of aromatic nitrogens is 1. The van der Waals surface area contributed by atoms with Gasteiger partial charge in [0.05, 0.1) is 18.0 Å². The van der Waals surface area contributed by atoms with Crippen molar-refractivity contribution in [2.45, 2.75) is 39.3 Å². The monoisotopic (exact) mass is 277 g/mol. The molecule has 1 aliphatic heterocycles. The molecule has 0 bridgehead atoms. The highest BCUT2D eigenvalue weighted by Crippen LogP contribution is 2.21. The van der Waals surface area contributed by atoms with E-state index in [0.717, 1.165) is 26.2 Å². The molecule has 2 heterocycles. The van der Waals surface area contributed by atoms with Crippen molar-refractivity contribution in [2.75, 3.05) is 31.6 Å². The number of ether oxygens (including phenoxy) is 1. The SMILES string of the molecule is CC(C)CNCc1ccncc1N(C)CC1CCCO1. The minimum absolute atomic E-state index is 0.372. The molecule has 1 fully saturated rings. The summed E-state index contributed by atoms with van der Waals surface area (Å²) in [4.78, 5) is 6.55. The summed E-state index contributed by atoms with van der Waals surface area (Å²) in [7, 11) is 2.13. The van der Waals surface area contributed by atoms with Crippen LogP contribution < -0.4 is 10.2 Å². The fourth-order valence-electron chi connectivity index (χ4n) is 2.60. The second kappa shape index (κ2) is 7.60. The van der Waals surface area contributed by atoms with Crippen LogP contribution in [-0.2, 0) is 11.3 Å². The second-order valence-corrected chi connectivity index (χ2v) is 6.04. The molecule has 1 N–H and O–H groups in total. The summed E-state index contributed by atoms with van der Waals surface area (Å²) in [5.41, 5.74) is 2.51. The van der Waals surface area contributed by atoms with Gasteiger partial charge in [-0.05, 0) is 36.9 Å². The van der Waals surface area contributed by atoms with Crippen LogP contribution in [0, 0.1) is 5.92 Å². The van der Waals surface area contributed by atoms with Gasteiger partial charge in [0.25, 0.3) is 0 Å². The van der Waals surface area contributed by atoms with Crippen molar-refractivity contribution in [3.05, 3.63) is 24.0 Å². The van der Waals surface area contributed by atoms with Crippen molar-refractivity contribution in [3.8, 4) is 0 Å². The number of anilines is 1. The van der Waals surface area contributed by atoms with E-state index >= 15 is 0 Å². The topological polar surface area (TPSA) is 37.4 Å². The van der Waals surface area contributed by atoms with Gasteiger partial charge in [0.15, 0.2) is 0 Å². The molecule has 1 aliphatic rings. The van der Waals surface area contributed by atoms with E-state index in [1.807, 2.05) is 12.4 Å². The zero-order chi connectivity index (χ0) is 14.4. The van der Waals surface area contributed by atoms with Crippen LogP contribution in [-0.4, -0.2) is 37.8 Å². The summed E-state index contributed by atoms with van der Waals surface area (Å²) in [5.74, 6) is 0.671. The Balaban J connectivity index is 1.94. The average Bonchev–Trinajstić information content (AvgIpc) is 2.91. The Hall–Kier alpha value is -1.13. The van der Waals surface area contributed by atoms with Gasteiger partial charge in [0.1, 0.15) is 0 Å². The van der Waals surface area contributed by atoms with Gasteiger partial charge in [-0.15, -0.1) is 0 Å². The molecule has 0 spiro atoms. The minimum atomic E-state index is 0.372. The van der Waals surface area contributed by atoms with Crippen molar-refractivity contribution in [1.29, 1.82) is 0 Å². The van der Waals surface area contributed by atoms with Crippen LogP contribution in [0.4, 0.5) is 5.69 Å². The van der Waals surface area contributed by atoms with Crippen molar-refractivity contribution >= 4 is 5.69 Å². The summed E-state index contributed by atoms with van der Waals surface area (Å²) < 4.78 is 5.72. The zero-order valence-electron chi connectivity index (χ0n) is 12.9. The number of likely N-dealkylation sites (N-methyl/N-ethyl adjacent to an activating group) is 1.